The first-order valence-electron chi connectivity index (χ1n) is 6.81. The zero-order valence-corrected chi connectivity index (χ0v) is 12.6. The van der Waals surface area contributed by atoms with E-state index in [0.29, 0.717) is 6.54 Å². The van der Waals surface area contributed by atoms with Gasteiger partial charge in [-0.15, -0.1) is 11.8 Å². The van der Waals surface area contributed by atoms with Crippen LogP contribution < -0.4 is 5.32 Å². The Morgan fingerprint density at radius 3 is 2.86 bits per heavy atom. The topological polar surface area (TPSA) is 92.5 Å². The number of carbonyl (C=O) groups excluding carboxylic acids is 1. The second kappa shape index (κ2) is 6.91. The maximum atomic E-state index is 12.2. The van der Waals surface area contributed by atoms with Crippen LogP contribution in [0.2, 0.25) is 0 Å². The van der Waals surface area contributed by atoms with Gasteiger partial charge in [-0.05, 0) is 31.2 Å². The van der Waals surface area contributed by atoms with Gasteiger partial charge in [-0.3, -0.25) is 14.9 Å². The smallest absolute Gasteiger partial charge is 0.282 e. The second-order valence-corrected chi connectivity index (χ2v) is 5.99. The van der Waals surface area contributed by atoms with Gasteiger partial charge in [0.25, 0.3) is 11.6 Å². The Labute approximate surface area is 127 Å². The van der Waals surface area contributed by atoms with Gasteiger partial charge < -0.3 is 10.4 Å². The summed E-state index contributed by atoms with van der Waals surface area (Å²) >= 11 is 1.42. The molecule has 0 heterocycles. The van der Waals surface area contributed by atoms with E-state index >= 15 is 0 Å². The zero-order chi connectivity index (χ0) is 15.4. The highest BCUT2D eigenvalue weighted by Gasteiger charge is 2.27. The molecule has 7 heteroatoms. The number of benzene rings is 1. The molecular weight excluding hydrogens is 292 g/mol. The van der Waals surface area contributed by atoms with Crippen molar-refractivity contribution in [1.82, 2.24) is 5.32 Å². The van der Waals surface area contributed by atoms with E-state index in [1.54, 1.807) is 6.07 Å². The summed E-state index contributed by atoms with van der Waals surface area (Å²) in [5.74, 6) is -0.423. The monoisotopic (exact) mass is 310 g/mol. The van der Waals surface area contributed by atoms with Crippen molar-refractivity contribution in [2.45, 2.75) is 30.3 Å². The van der Waals surface area contributed by atoms with Crippen molar-refractivity contribution >= 4 is 23.4 Å². The van der Waals surface area contributed by atoms with Crippen molar-refractivity contribution in [1.29, 1.82) is 0 Å². The molecule has 1 saturated carbocycles. The minimum Gasteiger partial charge on any atom is -0.393 e. The third kappa shape index (κ3) is 3.74. The van der Waals surface area contributed by atoms with Crippen molar-refractivity contribution < 1.29 is 14.8 Å². The van der Waals surface area contributed by atoms with Crippen LogP contribution in [-0.2, 0) is 0 Å². The van der Waals surface area contributed by atoms with Crippen molar-refractivity contribution in [2.24, 2.45) is 5.92 Å². The Morgan fingerprint density at radius 1 is 1.52 bits per heavy atom. The first kappa shape index (κ1) is 15.8. The molecule has 1 fully saturated rings. The molecule has 1 aromatic rings. The first-order valence-corrected chi connectivity index (χ1v) is 8.04. The fraction of sp³-hybridized carbons (Fsp3) is 0.500. The minimum atomic E-state index is -0.552. The van der Waals surface area contributed by atoms with E-state index < -0.39 is 16.9 Å². The molecule has 2 atom stereocenters. The van der Waals surface area contributed by atoms with E-state index in [2.05, 4.69) is 5.32 Å². The second-order valence-electron chi connectivity index (χ2n) is 5.11. The maximum absolute atomic E-state index is 12.2. The molecule has 1 aliphatic carbocycles. The van der Waals surface area contributed by atoms with Crippen LogP contribution >= 0.6 is 11.8 Å². The van der Waals surface area contributed by atoms with Gasteiger partial charge in [0, 0.05) is 23.4 Å². The molecule has 6 nitrogen and oxygen atoms in total. The number of aliphatic hydroxyl groups excluding tert-OH is 1. The normalized spacial score (nSPS) is 21.2. The van der Waals surface area contributed by atoms with Crippen molar-refractivity contribution in [3.63, 3.8) is 0 Å². The fourth-order valence-electron chi connectivity index (χ4n) is 2.56. The standard InChI is InChI=1S/C14H18N2O4S/c1-21-10-5-6-12(16(19)20)11(7-10)14(18)15-8-9-3-2-4-13(9)17/h5-7,9,13,17H,2-4,8H2,1H3,(H,15,18). The molecule has 114 valence electrons. The van der Waals surface area contributed by atoms with Gasteiger partial charge in [0.05, 0.1) is 11.0 Å². The van der Waals surface area contributed by atoms with Gasteiger partial charge in [0.2, 0.25) is 0 Å². The van der Waals surface area contributed by atoms with Crippen LogP contribution in [-0.4, -0.2) is 34.8 Å². The van der Waals surface area contributed by atoms with Crippen LogP contribution in [0.5, 0.6) is 0 Å². The quantitative estimate of drug-likeness (QED) is 0.494. The Hall–Kier alpha value is -1.60. The molecule has 0 aromatic heterocycles. The van der Waals surface area contributed by atoms with Crippen molar-refractivity contribution in [3.05, 3.63) is 33.9 Å². The predicted octanol–water partition coefficient (Wildman–Crippen LogP) is 2.21. The van der Waals surface area contributed by atoms with E-state index in [1.165, 1.54) is 23.9 Å². The predicted molar refractivity (Wildman–Crippen MR) is 80.6 cm³/mol. The number of nitro benzene ring substituents is 1. The lowest BCUT2D eigenvalue weighted by atomic mass is 10.1. The van der Waals surface area contributed by atoms with Gasteiger partial charge in [-0.25, -0.2) is 0 Å². The number of thioether (sulfide) groups is 1. The van der Waals surface area contributed by atoms with Crippen LogP contribution in [0.15, 0.2) is 23.1 Å². The van der Waals surface area contributed by atoms with Gasteiger partial charge in [0.15, 0.2) is 0 Å². The summed E-state index contributed by atoms with van der Waals surface area (Å²) in [6.45, 7) is 0.348. The summed E-state index contributed by atoms with van der Waals surface area (Å²) in [4.78, 5) is 23.5. The molecule has 1 aliphatic rings. The molecule has 1 aromatic carbocycles. The SMILES string of the molecule is CSc1ccc([N+](=O)[O-])c(C(=O)NCC2CCCC2O)c1. The number of hydrogen-bond acceptors (Lipinski definition) is 5. The lowest BCUT2D eigenvalue weighted by molar-refractivity contribution is -0.385. The highest BCUT2D eigenvalue weighted by Crippen LogP contribution is 2.26. The highest BCUT2D eigenvalue weighted by molar-refractivity contribution is 7.98. The molecule has 21 heavy (non-hydrogen) atoms. The summed E-state index contributed by atoms with van der Waals surface area (Å²) in [6.07, 6.45) is 4.02. The molecular formula is C14H18N2O4S. The Morgan fingerprint density at radius 2 is 2.29 bits per heavy atom. The molecule has 1 amide bonds. The van der Waals surface area contributed by atoms with Crippen LogP contribution in [0.3, 0.4) is 0 Å². The lowest BCUT2D eigenvalue weighted by Gasteiger charge is -2.15. The molecule has 2 unspecified atom stereocenters. The largest absolute Gasteiger partial charge is 0.393 e. The van der Waals surface area contributed by atoms with E-state index in [4.69, 9.17) is 0 Å². The summed E-state index contributed by atoms with van der Waals surface area (Å²) in [6, 6.07) is 4.51. The molecule has 0 saturated heterocycles. The number of nitro groups is 1. The van der Waals surface area contributed by atoms with Crippen LogP contribution in [0.4, 0.5) is 5.69 Å². The molecule has 0 spiro atoms. The van der Waals surface area contributed by atoms with Gasteiger partial charge in [-0.1, -0.05) is 6.42 Å². The summed E-state index contributed by atoms with van der Waals surface area (Å²) in [7, 11) is 0. The molecule has 2 rings (SSSR count). The molecule has 0 bridgehead atoms. The third-order valence-corrected chi connectivity index (χ3v) is 4.51. The van der Waals surface area contributed by atoms with Crippen LogP contribution in [0, 0.1) is 16.0 Å². The van der Waals surface area contributed by atoms with Gasteiger partial charge in [-0.2, -0.15) is 0 Å². The lowest BCUT2D eigenvalue weighted by Crippen LogP contribution is -2.32. The van der Waals surface area contributed by atoms with Crippen molar-refractivity contribution in [3.8, 4) is 0 Å². The van der Waals surface area contributed by atoms with Crippen molar-refractivity contribution in [2.75, 3.05) is 12.8 Å². The minimum absolute atomic E-state index is 0.0386. The highest BCUT2D eigenvalue weighted by atomic mass is 32.2. The van der Waals surface area contributed by atoms with E-state index in [1.807, 2.05) is 6.26 Å². The Balaban J connectivity index is 2.11. The van der Waals surface area contributed by atoms with Gasteiger partial charge >= 0.3 is 0 Å². The summed E-state index contributed by atoms with van der Waals surface area (Å²) < 4.78 is 0. The average molecular weight is 310 g/mol. The Kier molecular flexibility index (Phi) is 5.19. The van der Waals surface area contributed by atoms with Gasteiger partial charge in [0.1, 0.15) is 5.56 Å². The van der Waals surface area contributed by atoms with Crippen LogP contribution in [0.25, 0.3) is 0 Å². The van der Waals surface area contributed by atoms with E-state index in [0.717, 1.165) is 24.2 Å². The number of carbonyl (C=O) groups is 1. The number of aliphatic hydroxyl groups is 1. The van der Waals surface area contributed by atoms with E-state index in [9.17, 15) is 20.0 Å². The zero-order valence-electron chi connectivity index (χ0n) is 11.7. The first-order chi connectivity index (χ1) is 10.0. The fourth-order valence-corrected chi connectivity index (χ4v) is 3.00. The average Bonchev–Trinajstić information content (AvgIpc) is 2.89. The number of amides is 1. The maximum Gasteiger partial charge on any atom is 0.282 e. The molecule has 0 aliphatic heterocycles. The number of hydrogen-bond donors (Lipinski definition) is 2. The number of nitrogens with zero attached hydrogens (tertiary/aromatic N) is 1. The number of nitrogens with one attached hydrogen (secondary N) is 1. The third-order valence-electron chi connectivity index (χ3n) is 3.79. The number of rotatable bonds is 5. The summed E-state index contributed by atoms with van der Waals surface area (Å²) in [5.41, 5.74) is -0.128. The van der Waals surface area contributed by atoms with Crippen LogP contribution in [0.1, 0.15) is 29.6 Å². The molecule has 2 N–H and O–H groups in total. The summed E-state index contributed by atoms with van der Waals surface area (Å²) in [5, 5.41) is 23.5. The Bertz CT molecular complexity index is 550. The van der Waals surface area contributed by atoms with E-state index in [-0.39, 0.29) is 17.2 Å². The molecule has 0 radical (unpaired) electrons.